The van der Waals surface area contributed by atoms with Crippen LogP contribution in [0.4, 0.5) is 4.79 Å². The van der Waals surface area contributed by atoms with Crippen LogP contribution in [0.25, 0.3) is 0 Å². The Bertz CT molecular complexity index is 309. The van der Waals surface area contributed by atoms with Gasteiger partial charge in [0.25, 0.3) is 0 Å². The second-order valence-electron chi connectivity index (χ2n) is 2.74. The number of rotatable bonds is 3. The number of carbonyl (C=O) groups excluding carboxylic acids is 1. The minimum Gasteiger partial charge on any atom is -0.508 e. The van der Waals surface area contributed by atoms with E-state index in [0.717, 1.165) is 0 Å². The molecular weight excluding hydrogens is 186 g/mol. The summed E-state index contributed by atoms with van der Waals surface area (Å²) in [5, 5.41) is 18.4. The molecule has 1 aromatic carbocycles. The van der Waals surface area contributed by atoms with Crippen LogP contribution in [-0.2, 0) is 4.74 Å². The maximum atomic E-state index is 10.2. The van der Waals surface area contributed by atoms with Crippen molar-refractivity contribution < 1.29 is 19.7 Å². The van der Waals surface area contributed by atoms with Crippen molar-refractivity contribution in [3.8, 4) is 5.75 Å². The number of benzene rings is 1. The summed E-state index contributed by atoms with van der Waals surface area (Å²) < 4.78 is 4.41. The molecule has 76 valence electrons. The number of hydrogen-bond acceptors (Lipinski definition) is 4. The summed E-state index contributed by atoms with van der Waals surface area (Å²) in [7, 11) is 0. The van der Waals surface area contributed by atoms with Gasteiger partial charge in [0.15, 0.2) is 0 Å². The number of aliphatic hydroxyl groups is 1. The summed E-state index contributed by atoms with van der Waals surface area (Å²) in [5.41, 5.74) is 5.28. The Labute approximate surface area is 80.7 Å². The number of phenolic OH excluding ortho intramolecular Hbond substituents is 1. The summed E-state index contributed by atoms with van der Waals surface area (Å²) in [4.78, 5) is 10.2. The highest BCUT2D eigenvalue weighted by Crippen LogP contribution is 2.16. The van der Waals surface area contributed by atoms with E-state index < -0.39 is 12.2 Å². The molecule has 0 aliphatic carbocycles. The molecule has 1 atom stereocenters. The summed E-state index contributed by atoms with van der Waals surface area (Å²) in [5.74, 6) is 0.108. The molecule has 0 bridgehead atoms. The smallest absolute Gasteiger partial charge is 0.404 e. The Morgan fingerprint density at radius 1 is 1.43 bits per heavy atom. The molecule has 5 nitrogen and oxygen atoms in total. The van der Waals surface area contributed by atoms with Gasteiger partial charge in [-0.2, -0.15) is 0 Å². The Morgan fingerprint density at radius 2 is 2.00 bits per heavy atom. The van der Waals surface area contributed by atoms with Crippen molar-refractivity contribution in [3.63, 3.8) is 0 Å². The van der Waals surface area contributed by atoms with Gasteiger partial charge in [0.1, 0.15) is 18.5 Å². The van der Waals surface area contributed by atoms with Crippen LogP contribution in [0.2, 0.25) is 0 Å². The number of hydrogen-bond donors (Lipinski definition) is 3. The third-order valence-corrected chi connectivity index (χ3v) is 1.66. The molecule has 0 radical (unpaired) electrons. The molecule has 0 aromatic heterocycles. The fourth-order valence-electron chi connectivity index (χ4n) is 0.954. The molecule has 0 saturated carbocycles. The van der Waals surface area contributed by atoms with Gasteiger partial charge in [0, 0.05) is 0 Å². The molecule has 0 saturated heterocycles. The number of aromatic hydroxyl groups is 1. The first kappa shape index (κ1) is 10.3. The molecule has 1 rings (SSSR count). The first-order valence-electron chi connectivity index (χ1n) is 3.99. The van der Waals surface area contributed by atoms with Gasteiger partial charge in [-0.3, -0.25) is 0 Å². The van der Waals surface area contributed by atoms with E-state index in [2.05, 4.69) is 4.74 Å². The SMILES string of the molecule is NC(=O)OCC(O)c1ccc(O)cc1. The van der Waals surface area contributed by atoms with Crippen molar-refractivity contribution in [2.24, 2.45) is 5.73 Å². The molecule has 5 heteroatoms. The van der Waals surface area contributed by atoms with E-state index in [1.165, 1.54) is 24.3 Å². The number of nitrogens with two attached hydrogens (primary N) is 1. The molecule has 1 unspecified atom stereocenters. The highest BCUT2D eigenvalue weighted by Gasteiger charge is 2.08. The van der Waals surface area contributed by atoms with Gasteiger partial charge >= 0.3 is 6.09 Å². The number of amides is 1. The molecule has 0 spiro atoms. The number of carbonyl (C=O) groups is 1. The van der Waals surface area contributed by atoms with Gasteiger partial charge in [0.2, 0.25) is 0 Å². The normalized spacial score (nSPS) is 12.1. The minimum absolute atomic E-state index is 0.108. The van der Waals surface area contributed by atoms with Crippen LogP contribution in [0.1, 0.15) is 11.7 Å². The lowest BCUT2D eigenvalue weighted by molar-refractivity contribution is 0.0729. The van der Waals surface area contributed by atoms with E-state index in [0.29, 0.717) is 5.56 Å². The number of phenols is 1. The van der Waals surface area contributed by atoms with Crippen molar-refractivity contribution in [1.82, 2.24) is 0 Å². The summed E-state index contributed by atoms with van der Waals surface area (Å²) in [6, 6.07) is 5.93. The van der Waals surface area contributed by atoms with Crippen molar-refractivity contribution in [2.75, 3.05) is 6.61 Å². The topological polar surface area (TPSA) is 92.8 Å². The van der Waals surface area contributed by atoms with Gasteiger partial charge in [-0.05, 0) is 17.7 Å². The van der Waals surface area contributed by atoms with Crippen LogP contribution in [0.15, 0.2) is 24.3 Å². The largest absolute Gasteiger partial charge is 0.508 e. The van der Waals surface area contributed by atoms with Gasteiger partial charge in [0.05, 0.1) is 0 Å². The second-order valence-corrected chi connectivity index (χ2v) is 2.74. The highest BCUT2D eigenvalue weighted by atomic mass is 16.6. The highest BCUT2D eigenvalue weighted by molar-refractivity contribution is 5.64. The fourth-order valence-corrected chi connectivity index (χ4v) is 0.954. The van der Waals surface area contributed by atoms with Crippen LogP contribution in [0, 0.1) is 0 Å². The summed E-state index contributed by atoms with van der Waals surface area (Å²) >= 11 is 0. The average molecular weight is 197 g/mol. The molecule has 0 heterocycles. The Hall–Kier alpha value is -1.75. The van der Waals surface area contributed by atoms with Gasteiger partial charge < -0.3 is 20.7 Å². The van der Waals surface area contributed by atoms with Gasteiger partial charge in [-0.15, -0.1) is 0 Å². The molecule has 0 aliphatic rings. The van der Waals surface area contributed by atoms with Crippen LogP contribution in [0.3, 0.4) is 0 Å². The Kier molecular flexibility index (Phi) is 3.30. The Morgan fingerprint density at radius 3 is 2.50 bits per heavy atom. The standard InChI is InChI=1S/C9H11NO4/c10-9(13)14-5-8(12)6-1-3-7(11)4-2-6/h1-4,8,11-12H,5H2,(H2,10,13). The zero-order valence-electron chi connectivity index (χ0n) is 7.38. The quantitative estimate of drug-likeness (QED) is 0.658. The zero-order chi connectivity index (χ0) is 10.6. The van der Waals surface area contributed by atoms with E-state index in [4.69, 9.17) is 10.8 Å². The molecule has 0 aliphatic heterocycles. The van der Waals surface area contributed by atoms with E-state index >= 15 is 0 Å². The molecule has 0 fully saturated rings. The first-order valence-corrected chi connectivity index (χ1v) is 3.99. The van der Waals surface area contributed by atoms with E-state index in [9.17, 15) is 9.90 Å². The zero-order valence-corrected chi connectivity index (χ0v) is 7.38. The minimum atomic E-state index is -0.928. The predicted octanol–water partition coefficient (Wildman–Crippen LogP) is 0.521. The third-order valence-electron chi connectivity index (χ3n) is 1.66. The number of aliphatic hydroxyl groups excluding tert-OH is 1. The average Bonchev–Trinajstić information content (AvgIpc) is 2.15. The maximum absolute atomic E-state index is 10.2. The summed E-state index contributed by atoms with van der Waals surface area (Å²) in [6.45, 7) is -0.194. The Balaban J connectivity index is 2.56. The fraction of sp³-hybridized carbons (Fsp3) is 0.222. The molecule has 1 amide bonds. The van der Waals surface area contributed by atoms with Crippen molar-refractivity contribution in [3.05, 3.63) is 29.8 Å². The lowest BCUT2D eigenvalue weighted by Gasteiger charge is -2.10. The first-order chi connectivity index (χ1) is 6.59. The van der Waals surface area contributed by atoms with Crippen LogP contribution < -0.4 is 5.73 Å². The molecule has 1 aromatic rings. The van der Waals surface area contributed by atoms with Gasteiger partial charge in [-0.1, -0.05) is 12.1 Å². The predicted molar refractivity (Wildman–Crippen MR) is 48.6 cm³/mol. The second kappa shape index (κ2) is 4.48. The lowest BCUT2D eigenvalue weighted by atomic mass is 10.1. The van der Waals surface area contributed by atoms with Crippen molar-refractivity contribution in [2.45, 2.75) is 6.10 Å². The number of primary amides is 1. The summed E-state index contributed by atoms with van der Waals surface area (Å²) in [6.07, 6.45) is -1.86. The molecule has 14 heavy (non-hydrogen) atoms. The molecular formula is C9H11NO4. The van der Waals surface area contributed by atoms with E-state index in [1.54, 1.807) is 0 Å². The van der Waals surface area contributed by atoms with Crippen molar-refractivity contribution in [1.29, 1.82) is 0 Å². The number of ether oxygens (including phenoxy) is 1. The third kappa shape index (κ3) is 2.95. The van der Waals surface area contributed by atoms with Crippen LogP contribution in [-0.4, -0.2) is 22.9 Å². The monoisotopic (exact) mass is 197 g/mol. The van der Waals surface area contributed by atoms with E-state index in [-0.39, 0.29) is 12.4 Å². The van der Waals surface area contributed by atoms with E-state index in [1.807, 2.05) is 0 Å². The molecule has 4 N–H and O–H groups in total. The van der Waals surface area contributed by atoms with Crippen LogP contribution in [0.5, 0.6) is 5.75 Å². The van der Waals surface area contributed by atoms with Crippen LogP contribution >= 0.6 is 0 Å². The van der Waals surface area contributed by atoms with Gasteiger partial charge in [-0.25, -0.2) is 4.79 Å². The van der Waals surface area contributed by atoms with Crippen molar-refractivity contribution >= 4 is 6.09 Å². The lowest BCUT2D eigenvalue weighted by Crippen LogP contribution is -2.17. The maximum Gasteiger partial charge on any atom is 0.404 e.